The van der Waals surface area contributed by atoms with Crippen molar-refractivity contribution >= 4 is 11.7 Å². The van der Waals surface area contributed by atoms with Gasteiger partial charge in [-0.1, -0.05) is 19.1 Å². The minimum absolute atomic E-state index is 0.223. The predicted octanol–water partition coefficient (Wildman–Crippen LogP) is 3.26. The highest BCUT2D eigenvalue weighted by Crippen LogP contribution is 2.48. The van der Waals surface area contributed by atoms with Crippen LogP contribution in [0.15, 0.2) is 18.2 Å². The molecule has 0 amide bonds. The van der Waals surface area contributed by atoms with E-state index in [1.807, 2.05) is 17.0 Å². The summed E-state index contributed by atoms with van der Waals surface area (Å²) in [4.78, 5) is 13.5. The lowest BCUT2D eigenvalue weighted by Crippen LogP contribution is -2.55. The van der Waals surface area contributed by atoms with Crippen LogP contribution in [0.2, 0.25) is 0 Å². The Morgan fingerprint density at radius 2 is 2.15 bits per heavy atom. The molecule has 4 nitrogen and oxygen atoms in total. The van der Waals surface area contributed by atoms with Crippen molar-refractivity contribution in [3.8, 4) is 5.75 Å². The van der Waals surface area contributed by atoms with Gasteiger partial charge in [0.2, 0.25) is 0 Å². The number of benzene rings is 1. The van der Waals surface area contributed by atoms with E-state index >= 15 is 0 Å². The third-order valence-corrected chi connectivity index (χ3v) is 4.22. The van der Waals surface area contributed by atoms with E-state index in [0.717, 1.165) is 23.4 Å². The first-order valence-corrected chi connectivity index (χ1v) is 6.98. The number of ether oxygens (including phenoxy) is 1. The van der Waals surface area contributed by atoms with Gasteiger partial charge in [-0.2, -0.15) is 0 Å². The van der Waals surface area contributed by atoms with Gasteiger partial charge in [0, 0.05) is 5.54 Å². The molecule has 20 heavy (non-hydrogen) atoms. The monoisotopic (exact) mass is 277 g/mol. The lowest BCUT2D eigenvalue weighted by Gasteiger charge is -2.49. The molecule has 2 atom stereocenters. The number of hydrogen-bond acceptors (Lipinski definition) is 3. The van der Waals surface area contributed by atoms with Gasteiger partial charge in [-0.3, -0.25) is 0 Å². The molecule has 110 valence electrons. The first kappa shape index (κ1) is 14.7. The molecular formula is C16H23NO3. The number of nitrogens with zero attached hydrogens (tertiary/aromatic N) is 1. The Balaban J connectivity index is 2.66. The van der Waals surface area contributed by atoms with E-state index in [1.54, 1.807) is 14.0 Å². The quantitative estimate of drug-likeness (QED) is 0.921. The number of carboxylic acid groups (broad SMARTS) is 1. The third kappa shape index (κ3) is 2.23. The molecule has 0 spiro atoms. The van der Waals surface area contributed by atoms with Gasteiger partial charge in [0.05, 0.1) is 12.8 Å². The maximum atomic E-state index is 11.5. The number of anilines is 1. The largest absolute Gasteiger partial charge is 0.495 e. The van der Waals surface area contributed by atoms with Crippen LogP contribution in [0, 0.1) is 0 Å². The highest BCUT2D eigenvalue weighted by atomic mass is 16.5. The number of fused-ring (bicyclic) bond motifs is 1. The van der Waals surface area contributed by atoms with Gasteiger partial charge < -0.3 is 14.7 Å². The van der Waals surface area contributed by atoms with Gasteiger partial charge in [0.15, 0.2) is 0 Å². The summed E-state index contributed by atoms with van der Waals surface area (Å²) >= 11 is 0. The normalized spacial score (nSPS) is 22.1. The smallest absolute Gasteiger partial charge is 0.326 e. The minimum atomic E-state index is -0.815. The molecule has 1 aliphatic rings. The first-order chi connectivity index (χ1) is 9.29. The fraction of sp³-hybridized carbons (Fsp3) is 0.562. The molecule has 0 saturated heterocycles. The molecule has 0 radical (unpaired) electrons. The van der Waals surface area contributed by atoms with Crippen LogP contribution in [0.1, 0.15) is 45.6 Å². The van der Waals surface area contributed by atoms with E-state index < -0.39 is 12.0 Å². The number of para-hydroxylation sites is 1. The Kier molecular flexibility index (Phi) is 3.67. The number of methoxy groups -OCH3 is 1. The van der Waals surface area contributed by atoms with E-state index in [1.165, 1.54) is 0 Å². The molecule has 0 aliphatic carbocycles. The van der Waals surface area contributed by atoms with Crippen molar-refractivity contribution in [2.24, 2.45) is 0 Å². The predicted molar refractivity (Wildman–Crippen MR) is 79.7 cm³/mol. The molecule has 1 heterocycles. The highest BCUT2D eigenvalue weighted by Gasteiger charge is 2.42. The zero-order valence-electron chi connectivity index (χ0n) is 12.8. The minimum Gasteiger partial charge on any atom is -0.495 e. The molecule has 0 unspecified atom stereocenters. The van der Waals surface area contributed by atoms with Crippen LogP contribution in [0.5, 0.6) is 5.75 Å². The molecule has 1 aromatic rings. The van der Waals surface area contributed by atoms with Crippen LogP contribution in [0.25, 0.3) is 0 Å². The summed E-state index contributed by atoms with van der Waals surface area (Å²) in [6, 6.07) is 5.34. The molecule has 0 fully saturated rings. The molecule has 4 heteroatoms. The Morgan fingerprint density at radius 1 is 1.50 bits per heavy atom. The standard InChI is InChI=1S/C16H23NO3/c1-10-9-16(3,4)17(11(2)15(18)19)14-12(10)7-6-8-13(14)20-5/h6-8,10-11H,9H2,1-5H3,(H,18,19)/t10-,11-/m0/s1. The second-order valence-electron chi connectivity index (χ2n) is 6.20. The molecular weight excluding hydrogens is 254 g/mol. The summed E-state index contributed by atoms with van der Waals surface area (Å²) in [6.45, 7) is 8.11. The number of hydrogen-bond donors (Lipinski definition) is 1. The average Bonchev–Trinajstić information content (AvgIpc) is 2.36. The van der Waals surface area contributed by atoms with Crippen molar-refractivity contribution in [1.29, 1.82) is 0 Å². The molecule has 2 rings (SSSR count). The van der Waals surface area contributed by atoms with Crippen molar-refractivity contribution in [3.63, 3.8) is 0 Å². The van der Waals surface area contributed by atoms with Gasteiger partial charge in [-0.15, -0.1) is 0 Å². The fourth-order valence-electron chi connectivity index (χ4n) is 3.45. The van der Waals surface area contributed by atoms with Gasteiger partial charge >= 0.3 is 5.97 Å². The van der Waals surface area contributed by atoms with Crippen molar-refractivity contribution in [2.75, 3.05) is 12.0 Å². The summed E-state index contributed by atoms with van der Waals surface area (Å²) < 4.78 is 5.48. The van der Waals surface area contributed by atoms with E-state index in [-0.39, 0.29) is 5.54 Å². The van der Waals surface area contributed by atoms with Crippen LogP contribution in [0.4, 0.5) is 5.69 Å². The van der Waals surface area contributed by atoms with E-state index in [2.05, 4.69) is 26.8 Å². The Labute approximate surface area is 120 Å². The molecule has 1 N–H and O–H groups in total. The molecule has 1 aliphatic heterocycles. The van der Waals surface area contributed by atoms with Crippen LogP contribution in [0.3, 0.4) is 0 Å². The van der Waals surface area contributed by atoms with Gasteiger partial charge in [0.1, 0.15) is 11.8 Å². The maximum absolute atomic E-state index is 11.5. The number of rotatable bonds is 3. The van der Waals surface area contributed by atoms with Crippen LogP contribution in [-0.4, -0.2) is 29.8 Å². The molecule has 0 bridgehead atoms. The molecule has 1 aromatic carbocycles. The average molecular weight is 277 g/mol. The van der Waals surface area contributed by atoms with Crippen LogP contribution < -0.4 is 9.64 Å². The number of carbonyl (C=O) groups is 1. The first-order valence-electron chi connectivity index (χ1n) is 6.98. The van der Waals surface area contributed by atoms with Crippen molar-refractivity contribution in [2.45, 2.75) is 51.6 Å². The van der Waals surface area contributed by atoms with E-state index in [0.29, 0.717) is 5.92 Å². The van der Waals surface area contributed by atoms with Crippen LogP contribution >= 0.6 is 0 Å². The summed E-state index contributed by atoms with van der Waals surface area (Å²) in [6.07, 6.45) is 0.921. The summed E-state index contributed by atoms with van der Waals surface area (Å²) in [5.74, 6) is 0.312. The SMILES string of the molecule is COc1cccc2c1N([C@@H](C)C(=O)O)C(C)(C)C[C@@H]2C. The topological polar surface area (TPSA) is 49.8 Å². The zero-order valence-corrected chi connectivity index (χ0v) is 12.8. The van der Waals surface area contributed by atoms with Crippen molar-refractivity contribution < 1.29 is 14.6 Å². The second kappa shape index (κ2) is 5.00. The van der Waals surface area contributed by atoms with Crippen LogP contribution in [-0.2, 0) is 4.79 Å². The Hall–Kier alpha value is -1.71. The number of carboxylic acids is 1. The molecule has 0 aromatic heterocycles. The zero-order chi connectivity index (χ0) is 15.1. The van der Waals surface area contributed by atoms with Gasteiger partial charge in [0.25, 0.3) is 0 Å². The summed E-state index contributed by atoms with van der Waals surface area (Å²) in [7, 11) is 1.63. The third-order valence-electron chi connectivity index (χ3n) is 4.22. The maximum Gasteiger partial charge on any atom is 0.326 e. The van der Waals surface area contributed by atoms with Gasteiger partial charge in [-0.05, 0) is 44.7 Å². The Morgan fingerprint density at radius 3 is 2.70 bits per heavy atom. The van der Waals surface area contributed by atoms with E-state index in [4.69, 9.17) is 4.74 Å². The number of aliphatic carboxylic acids is 1. The highest BCUT2D eigenvalue weighted by molar-refractivity contribution is 5.81. The second-order valence-corrected chi connectivity index (χ2v) is 6.20. The van der Waals surface area contributed by atoms with E-state index in [9.17, 15) is 9.90 Å². The summed E-state index contributed by atoms with van der Waals surface area (Å²) in [5, 5.41) is 9.44. The van der Waals surface area contributed by atoms with Crippen molar-refractivity contribution in [3.05, 3.63) is 23.8 Å². The summed E-state index contributed by atoms with van der Waals surface area (Å²) in [5.41, 5.74) is 1.87. The fourth-order valence-corrected chi connectivity index (χ4v) is 3.45. The van der Waals surface area contributed by atoms with Gasteiger partial charge in [-0.25, -0.2) is 4.79 Å². The Bertz CT molecular complexity index is 524. The molecule has 0 saturated carbocycles. The lowest BCUT2D eigenvalue weighted by molar-refractivity contribution is -0.138. The lowest BCUT2D eigenvalue weighted by atomic mass is 9.79. The van der Waals surface area contributed by atoms with Crippen molar-refractivity contribution in [1.82, 2.24) is 0 Å².